The second kappa shape index (κ2) is 9.22. The molecular weight excluding hydrogens is 525 g/mol. The van der Waals surface area contributed by atoms with Crippen LogP contribution in [0, 0.1) is 13.8 Å². The van der Waals surface area contributed by atoms with E-state index in [0.717, 1.165) is 11.2 Å². The number of aromatic nitrogens is 2. The van der Waals surface area contributed by atoms with E-state index in [9.17, 15) is 0 Å². The van der Waals surface area contributed by atoms with Gasteiger partial charge in [0.1, 0.15) is 6.33 Å². The maximum Gasteiger partial charge on any atom is 0.116 e. The highest BCUT2D eigenvalue weighted by atomic mass is 32.1. The van der Waals surface area contributed by atoms with Crippen LogP contribution < -0.4 is 10.4 Å². The Bertz CT molecular complexity index is 1880. The number of nitrogens with zero attached hydrogens (tertiary/aromatic N) is 2. The Balaban J connectivity index is 1.54. The summed E-state index contributed by atoms with van der Waals surface area (Å²) in [7, 11) is -2.94. The van der Waals surface area contributed by atoms with Gasteiger partial charge in [0.2, 0.25) is 0 Å². The SMILES string of the molecule is Cc1cc([Si](C)(C)C)cc(C)c1-c1ccc2c(c1)sc1c(-c3cc([Si](C)(C)C)c4ccccc4c3)ncnc12. The molecule has 4 aromatic carbocycles. The third-order valence-electron chi connectivity index (χ3n) is 7.88. The maximum absolute atomic E-state index is 4.86. The van der Waals surface area contributed by atoms with Gasteiger partial charge in [-0.2, -0.15) is 0 Å². The van der Waals surface area contributed by atoms with Crippen molar-refractivity contribution in [3.8, 4) is 22.4 Å². The summed E-state index contributed by atoms with van der Waals surface area (Å²) < 4.78 is 2.44. The fraction of sp³-hybridized carbons (Fsp3) is 0.235. The van der Waals surface area contributed by atoms with Gasteiger partial charge in [0.15, 0.2) is 0 Å². The van der Waals surface area contributed by atoms with Gasteiger partial charge in [-0.05, 0) is 59.0 Å². The highest BCUT2D eigenvalue weighted by Gasteiger charge is 2.23. The van der Waals surface area contributed by atoms with Gasteiger partial charge in [-0.3, -0.25) is 0 Å². The summed E-state index contributed by atoms with van der Waals surface area (Å²) in [5, 5.41) is 6.88. The zero-order valence-electron chi connectivity index (χ0n) is 24.2. The molecule has 6 rings (SSSR count). The lowest BCUT2D eigenvalue weighted by atomic mass is 9.95. The molecule has 0 saturated heterocycles. The van der Waals surface area contributed by atoms with Gasteiger partial charge in [-0.25, -0.2) is 9.97 Å². The summed E-state index contributed by atoms with van der Waals surface area (Å²) in [5.74, 6) is 0. The molecule has 0 N–H and O–H groups in total. The molecule has 0 spiro atoms. The lowest BCUT2D eigenvalue weighted by molar-refractivity contribution is 1.24. The van der Waals surface area contributed by atoms with Crippen LogP contribution in [0.1, 0.15) is 11.1 Å². The molecule has 0 bridgehead atoms. The lowest BCUT2D eigenvalue weighted by Crippen LogP contribution is -2.38. The van der Waals surface area contributed by atoms with E-state index in [1.165, 1.54) is 63.7 Å². The number of thiophene rings is 1. The Morgan fingerprint density at radius 1 is 0.667 bits per heavy atom. The average molecular weight is 561 g/mol. The van der Waals surface area contributed by atoms with Crippen molar-refractivity contribution in [2.75, 3.05) is 0 Å². The Hall–Kier alpha value is -3.13. The predicted octanol–water partition coefficient (Wildman–Crippen LogP) is 9.04. The summed E-state index contributed by atoms with van der Waals surface area (Å²) in [6.45, 7) is 19.1. The van der Waals surface area contributed by atoms with Gasteiger partial charge >= 0.3 is 0 Å². The van der Waals surface area contributed by atoms with Crippen LogP contribution in [-0.2, 0) is 0 Å². The molecule has 6 aromatic rings. The van der Waals surface area contributed by atoms with Crippen molar-refractivity contribution < 1.29 is 0 Å². The zero-order valence-corrected chi connectivity index (χ0v) is 27.0. The van der Waals surface area contributed by atoms with Crippen molar-refractivity contribution in [2.24, 2.45) is 0 Å². The number of rotatable bonds is 4. The first kappa shape index (κ1) is 26.1. The summed E-state index contributed by atoms with van der Waals surface area (Å²) in [4.78, 5) is 9.64. The summed E-state index contributed by atoms with van der Waals surface area (Å²) in [5.41, 5.74) is 8.66. The highest BCUT2D eigenvalue weighted by Crippen LogP contribution is 2.40. The van der Waals surface area contributed by atoms with E-state index in [4.69, 9.17) is 9.97 Å². The van der Waals surface area contributed by atoms with Crippen molar-refractivity contribution >= 4 is 68.9 Å². The number of hydrogen-bond donors (Lipinski definition) is 0. The van der Waals surface area contributed by atoms with Crippen LogP contribution >= 0.6 is 11.3 Å². The largest absolute Gasteiger partial charge is 0.235 e. The third kappa shape index (κ3) is 4.56. The maximum atomic E-state index is 4.86. The van der Waals surface area contributed by atoms with Gasteiger partial charge < -0.3 is 0 Å². The van der Waals surface area contributed by atoms with Crippen molar-refractivity contribution in [2.45, 2.75) is 53.1 Å². The van der Waals surface area contributed by atoms with E-state index >= 15 is 0 Å². The van der Waals surface area contributed by atoms with Crippen LogP contribution in [0.4, 0.5) is 0 Å². The fourth-order valence-electron chi connectivity index (χ4n) is 5.86. The second-order valence-corrected chi connectivity index (χ2v) is 24.1. The van der Waals surface area contributed by atoms with Crippen LogP contribution in [0.5, 0.6) is 0 Å². The fourth-order valence-corrected chi connectivity index (χ4v) is 9.99. The monoisotopic (exact) mass is 560 g/mol. The molecular formula is C34H36N2SSi2. The van der Waals surface area contributed by atoms with E-state index in [1.54, 1.807) is 6.33 Å². The van der Waals surface area contributed by atoms with Gasteiger partial charge in [-0.1, -0.05) is 104 Å². The Kier molecular flexibility index (Phi) is 6.17. The molecule has 0 radical (unpaired) electrons. The highest BCUT2D eigenvalue weighted by molar-refractivity contribution is 7.26. The standard InChI is InChI=1S/C34H36N2SSi2/c1-21-15-26(38(3,4)5)16-22(2)31(21)24-13-14-28-29(18-24)37-34-32(35-20-36-33(28)34)25-17-23-11-9-10-12-27(23)30(19-25)39(6,7)8/h9-20H,1-8H3. The van der Waals surface area contributed by atoms with Crippen molar-refractivity contribution in [1.29, 1.82) is 0 Å². The molecule has 0 saturated carbocycles. The first-order chi connectivity index (χ1) is 18.4. The second-order valence-electron chi connectivity index (χ2n) is 12.9. The summed E-state index contributed by atoms with van der Waals surface area (Å²) in [6.07, 6.45) is 1.74. The molecule has 0 aliphatic heterocycles. The lowest BCUT2D eigenvalue weighted by Gasteiger charge is -2.21. The number of hydrogen-bond acceptors (Lipinski definition) is 3. The molecule has 0 unspecified atom stereocenters. The normalized spacial score (nSPS) is 12.6. The minimum absolute atomic E-state index is 1.04. The quantitative estimate of drug-likeness (QED) is 0.201. The van der Waals surface area contributed by atoms with Gasteiger partial charge in [-0.15, -0.1) is 11.3 Å². The minimum atomic E-state index is -1.57. The molecule has 2 nitrogen and oxygen atoms in total. The van der Waals surface area contributed by atoms with Crippen molar-refractivity contribution in [3.63, 3.8) is 0 Å². The van der Waals surface area contributed by atoms with E-state index in [2.05, 4.69) is 120 Å². The molecule has 0 atom stereocenters. The Morgan fingerprint density at radius 3 is 2.08 bits per heavy atom. The molecule has 39 heavy (non-hydrogen) atoms. The minimum Gasteiger partial charge on any atom is -0.235 e. The van der Waals surface area contributed by atoms with Crippen molar-refractivity contribution in [3.05, 3.63) is 84.2 Å². The summed E-state index contributed by atoms with van der Waals surface area (Å²) in [6, 6.07) is 25.2. The topological polar surface area (TPSA) is 25.8 Å². The molecule has 0 fully saturated rings. The summed E-state index contributed by atoms with van der Waals surface area (Å²) >= 11 is 1.82. The predicted molar refractivity (Wildman–Crippen MR) is 179 cm³/mol. The van der Waals surface area contributed by atoms with E-state index < -0.39 is 16.1 Å². The number of aryl methyl sites for hydroxylation is 2. The van der Waals surface area contributed by atoms with Gasteiger partial charge in [0, 0.05) is 15.6 Å². The Morgan fingerprint density at radius 2 is 1.38 bits per heavy atom. The van der Waals surface area contributed by atoms with Gasteiger partial charge in [0.25, 0.3) is 0 Å². The first-order valence-electron chi connectivity index (χ1n) is 13.7. The molecule has 2 heterocycles. The van der Waals surface area contributed by atoms with E-state index in [1.807, 2.05) is 11.3 Å². The molecule has 0 aliphatic rings. The molecule has 2 aromatic heterocycles. The van der Waals surface area contributed by atoms with Crippen LogP contribution in [0.3, 0.4) is 0 Å². The Labute approximate surface area is 237 Å². The number of benzene rings is 4. The first-order valence-corrected chi connectivity index (χ1v) is 21.6. The van der Waals surface area contributed by atoms with E-state index in [-0.39, 0.29) is 0 Å². The smallest absolute Gasteiger partial charge is 0.116 e. The zero-order chi connectivity index (χ0) is 27.7. The average Bonchev–Trinajstić information content (AvgIpc) is 3.24. The van der Waals surface area contributed by atoms with Crippen LogP contribution in [0.25, 0.3) is 53.5 Å². The van der Waals surface area contributed by atoms with Crippen molar-refractivity contribution in [1.82, 2.24) is 9.97 Å². The van der Waals surface area contributed by atoms with Crippen LogP contribution in [0.15, 0.2) is 73.1 Å². The molecule has 5 heteroatoms. The van der Waals surface area contributed by atoms with Crippen LogP contribution in [0.2, 0.25) is 39.3 Å². The molecule has 196 valence electrons. The third-order valence-corrected chi connectivity index (χ3v) is 13.1. The molecule has 0 aliphatic carbocycles. The molecule has 0 amide bonds. The van der Waals surface area contributed by atoms with Crippen LogP contribution in [-0.4, -0.2) is 26.1 Å². The van der Waals surface area contributed by atoms with Gasteiger partial charge in [0.05, 0.1) is 32.1 Å². The van der Waals surface area contributed by atoms with E-state index in [0.29, 0.717) is 0 Å². The number of fused-ring (bicyclic) bond motifs is 4.